The van der Waals surface area contributed by atoms with Gasteiger partial charge in [-0.1, -0.05) is 12.1 Å². The minimum atomic E-state index is -0.330. The van der Waals surface area contributed by atoms with Gasteiger partial charge >= 0.3 is 0 Å². The number of rotatable bonds is 5. The maximum absolute atomic E-state index is 14.2. The molecule has 3 heterocycles. The second kappa shape index (κ2) is 8.04. The largest absolute Gasteiger partial charge is 0.489 e. The van der Waals surface area contributed by atoms with Crippen LogP contribution >= 0.6 is 0 Å². The zero-order valence-electron chi connectivity index (χ0n) is 17.1. The van der Waals surface area contributed by atoms with Gasteiger partial charge in [-0.05, 0) is 49.3 Å². The topological polar surface area (TPSA) is 72.0 Å². The summed E-state index contributed by atoms with van der Waals surface area (Å²) in [6.45, 7) is 1.70. The smallest absolute Gasteiger partial charge is 0.141 e. The maximum Gasteiger partial charge on any atom is 0.141 e. The second-order valence-electron chi connectivity index (χ2n) is 7.09. The molecule has 30 heavy (non-hydrogen) atoms. The van der Waals surface area contributed by atoms with Crippen LogP contribution in [0.1, 0.15) is 7.79 Å². The predicted molar refractivity (Wildman–Crippen MR) is 114 cm³/mol. The van der Waals surface area contributed by atoms with Gasteiger partial charge < -0.3 is 15.4 Å². The van der Waals surface area contributed by atoms with Gasteiger partial charge in [-0.25, -0.2) is 14.4 Å². The van der Waals surface area contributed by atoms with Gasteiger partial charge in [-0.2, -0.15) is 0 Å². The molecule has 0 amide bonds. The van der Waals surface area contributed by atoms with Crippen LogP contribution in [-0.4, -0.2) is 34.1 Å². The van der Waals surface area contributed by atoms with Gasteiger partial charge in [0.2, 0.25) is 0 Å². The van der Waals surface area contributed by atoms with Crippen LogP contribution in [0.4, 0.5) is 15.9 Å². The number of ether oxygens (including phenoxy) is 1. The van der Waals surface area contributed by atoms with Crippen molar-refractivity contribution in [3.8, 4) is 17.0 Å². The molecule has 1 fully saturated rings. The third-order valence-corrected chi connectivity index (χ3v) is 5.02. The molecule has 0 radical (unpaired) electrons. The Morgan fingerprint density at radius 3 is 2.93 bits per heavy atom. The summed E-state index contributed by atoms with van der Waals surface area (Å²) in [5.41, 5.74) is 2.33. The fourth-order valence-corrected chi connectivity index (χ4v) is 3.51. The zero-order chi connectivity index (χ0) is 21.2. The van der Waals surface area contributed by atoms with Gasteiger partial charge in [0.1, 0.15) is 29.8 Å². The monoisotopic (exact) mass is 402 g/mol. The second-order valence-corrected chi connectivity index (χ2v) is 7.09. The highest BCUT2D eigenvalue weighted by atomic mass is 19.1. The lowest BCUT2D eigenvalue weighted by Crippen LogP contribution is -2.19. The number of pyridine rings is 1. The van der Waals surface area contributed by atoms with Crippen LogP contribution in [0.25, 0.3) is 22.2 Å². The van der Waals surface area contributed by atoms with Crippen molar-refractivity contribution in [3.63, 3.8) is 0 Å². The van der Waals surface area contributed by atoms with Crippen LogP contribution in [0.15, 0.2) is 67.1 Å². The number of hydrogen-bond acceptors (Lipinski definition) is 6. The molecule has 1 aliphatic heterocycles. The summed E-state index contributed by atoms with van der Waals surface area (Å²) < 4.78 is 28.5. The Morgan fingerprint density at radius 1 is 1.13 bits per heavy atom. The summed E-state index contributed by atoms with van der Waals surface area (Å²) in [6, 6.07) is 13.8. The van der Waals surface area contributed by atoms with E-state index in [1.807, 2.05) is 0 Å². The van der Waals surface area contributed by atoms with Gasteiger partial charge in [-0.3, -0.25) is 4.98 Å². The summed E-state index contributed by atoms with van der Waals surface area (Å²) >= 11 is 0. The third kappa shape index (κ3) is 3.79. The number of hydrogen-bond donors (Lipinski definition) is 2. The summed E-state index contributed by atoms with van der Waals surface area (Å²) in [5, 5.41) is 7.21. The van der Waals surface area contributed by atoms with E-state index in [9.17, 15) is 4.39 Å². The number of halogens is 1. The number of benzene rings is 2. The van der Waals surface area contributed by atoms with Gasteiger partial charge in [0.15, 0.2) is 0 Å². The Labute approximate surface area is 174 Å². The number of fused-ring (bicyclic) bond motifs is 1. The molecule has 4 aromatic rings. The highest BCUT2D eigenvalue weighted by Crippen LogP contribution is 2.29. The summed E-state index contributed by atoms with van der Waals surface area (Å²) in [6.07, 6.45) is 4.06. The predicted octanol–water partition coefficient (Wildman–Crippen LogP) is 4.32. The van der Waals surface area contributed by atoms with Crippen LogP contribution in [0, 0.1) is 5.82 Å². The van der Waals surface area contributed by atoms with Crippen LogP contribution in [0.2, 0.25) is 0 Å². The molecular weight excluding hydrogens is 381 g/mol. The SMILES string of the molecule is [2H]c1cc2c(Nc3ccnc(-c4ccccc4F)c3)ncnc2cc1OC1CCNC1. The Balaban J connectivity index is 1.46. The van der Waals surface area contributed by atoms with Crippen LogP contribution < -0.4 is 15.4 Å². The van der Waals surface area contributed by atoms with E-state index in [1.165, 1.54) is 12.4 Å². The molecule has 0 saturated carbocycles. The molecule has 150 valence electrons. The first-order valence-corrected chi connectivity index (χ1v) is 9.78. The molecular formula is C23H20FN5O. The Morgan fingerprint density at radius 2 is 2.07 bits per heavy atom. The third-order valence-electron chi connectivity index (χ3n) is 5.02. The van der Waals surface area contributed by atoms with Crippen LogP contribution in [0.3, 0.4) is 0 Å². The van der Waals surface area contributed by atoms with Crippen molar-refractivity contribution in [1.82, 2.24) is 20.3 Å². The highest BCUT2D eigenvalue weighted by Gasteiger charge is 2.16. The lowest BCUT2D eigenvalue weighted by molar-refractivity contribution is 0.223. The van der Waals surface area contributed by atoms with Crippen molar-refractivity contribution < 1.29 is 10.5 Å². The van der Waals surface area contributed by atoms with E-state index in [-0.39, 0.29) is 18.0 Å². The molecule has 2 aromatic carbocycles. The molecule has 1 atom stereocenters. The molecule has 0 spiro atoms. The van der Waals surface area contributed by atoms with Crippen molar-refractivity contribution >= 4 is 22.4 Å². The summed E-state index contributed by atoms with van der Waals surface area (Å²) in [4.78, 5) is 13.0. The number of anilines is 2. The van der Waals surface area contributed by atoms with E-state index in [4.69, 9.17) is 6.11 Å². The van der Waals surface area contributed by atoms with E-state index in [0.717, 1.165) is 19.5 Å². The molecule has 6 nitrogen and oxygen atoms in total. The number of nitrogens with one attached hydrogen (secondary N) is 2. The van der Waals surface area contributed by atoms with E-state index >= 15 is 0 Å². The van der Waals surface area contributed by atoms with E-state index < -0.39 is 0 Å². The minimum Gasteiger partial charge on any atom is -0.489 e. The van der Waals surface area contributed by atoms with E-state index in [1.54, 1.807) is 48.7 Å². The molecule has 0 aliphatic carbocycles. The fourth-order valence-electron chi connectivity index (χ4n) is 3.51. The Kier molecular flexibility index (Phi) is 4.63. The standard InChI is InChI=1S/C23H20FN5O/c24-20-4-2-1-3-18(20)21-11-15(7-10-26-21)29-23-19-6-5-16(12-22(19)27-14-28-23)30-17-8-9-25-13-17/h1-7,10-12,14,17,25H,8-9,13H2,(H,26,27,28,29)/i5D. The Bertz CT molecular complexity index is 1250. The van der Waals surface area contributed by atoms with Crippen molar-refractivity contribution in [2.24, 2.45) is 0 Å². The number of aromatic nitrogens is 3. The van der Waals surface area contributed by atoms with Gasteiger partial charge in [-0.15, -0.1) is 0 Å². The molecule has 1 aliphatic rings. The quantitative estimate of drug-likeness (QED) is 0.518. The first-order valence-electron chi connectivity index (χ1n) is 10.3. The molecule has 0 bridgehead atoms. The van der Waals surface area contributed by atoms with Crippen LogP contribution in [-0.2, 0) is 0 Å². The summed E-state index contributed by atoms with van der Waals surface area (Å²) in [5.74, 6) is 0.735. The molecule has 7 heteroatoms. The molecule has 5 rings (SSSR count). The van der Waals surface area contributed by atoms with Crippen molar-refractivity contribution in [2.45, 2.75) is 12.5 Å². The first-order chi connectivity index (χ1) is 15.2. The minimum absolute atomic E-state index is 0.0644. The maximum atomic E-state index is 14.2. The van der Waals surface area contributed by atoms with Gasteiger partial charge in [0.05, 0.1) is 12.6 Å². The van der Waals surface area contributed by atoms with E-state index in [2.05, 4.69) is 25.6 Å². The van der Waals surface area contributed by atoms with Crippen molar-refractivity contribution in [3.05, 3.63) is 72.9 Å². The van der Waals surface area contributed by atoms with Gasteiger partial charge in [0.25, 0.3) is 0 Å². The van der Waals surface area contributed by atoms with Crippen molar-refractivity contribution in [1.29, 1.82) is 0 Å². The molecule has 1 unspecified atom stereocenters. The zero-order valence-corrected chi connectivity index (χ0v) is 16.1. The lowest BCUT2D eigenvalue weighted by atomic mass is 10.1. The van der Waals surface area contributed by atoms with Gasteiger partial charge in [0, 0.05) is 35.4 Å². The highest BCUT2D eigenvalue weighted by molar-refractivity contribution is 5.91. The average Bonchev–Trinajstić information content (AvgIpc) is 3.29. The lowest BCUT2D eigenvalue weighted by Gasteiger charge is -2.14. The normalized spacial score (nSPS) is 16.4. The average molecular weight is 402 g/mol. The van der Waals surface area contributed by atoms with E-state index in [0.29, 0.717) is 39.4 Å². The molecule has 1 saturated heterocycles. The van der Waals surface area contributed by atoms with Crippen molar-refractivity contribution in [2.75, 3.05) is 18.4 Å². The fraction of sp³-hybridized carbons (Fsp3) is 0.174. The van der Waals surface area contributed by atoms with Crippen LogP contribution in [0.5, 0.6) is 5.75 Å². The first kappa shape index (κ1) is 17.3. The summed E-state index contributed by atoms with van der Waals surface area (Å²) in [7, 11) is 0. The molecule has 2 aromatic heterocycles. The Hall–Kier alpha value is -3.58. The molecule has 2 N–H and O–H groups in total. The number of nitrogens with zero attached hydrogens (tertiary/aromatic N) is 3.